The molecule has 124 valence electrons. The topological polar surface area (TPSA) is 116 Å². The van der Waals surface area contributed by atoms with Crippen LogP contribution in [0.4, 0.5) is 5.95 Å². The van der Waals surface area contributed by atoms with E-state index >= 15 is 0 Å². The first-order valence-corrected chi connectivity index (χ1v) is 9.01. The van der Waals surface area contributed by atoms with E-state index < -0.39 is 9.84 Å². The molecule has 24 heavy (non-hydrogen) atoms. The van der Waals surface area contributed by atoms with Gasteiger partial charge in [-0.2, -0.15) is 0 Å². The Morgan fingerprint density at radius 1 is 1.00 bits per heavy atom. The van der Waals surface area contributed by atoms with Gasteiger partial charge >= 0.3 is 0 Å². The number of nitrogens with one attached hydrogen (secondary N) is 1. The van der Waals surface area contributed by atoms with E-state index in [1.165, 1.54) is 10.9 Å². The lowest BCUT2D eigenvalue weighted by Gasteiger charge is -2.08. The molecule has 8 heteroatoms. The highest BCUT2D eigenvalue weighted by Crippen LogP contribution is 2.33. The van der Waals surface area contributed by atoms with Gasteiger partial charge in [0.05, 0.1) is 10.6 Å². The zero-order valence-corrected chi connectivity index (χ0v) is 13.8. The maximum Gasteiger partial charge on any atom is 0.237 e. The smallest absolute Gasteiger partial charge is 0.237 e. The van der Waals surface area contributed by atoms with Crippen molar-refractivity contribution in [1.29, 1.82) is 0 Å². The van der Waals surface area contributed by atoms with Crippen LogP contribution in [0.5, 0.6) is 0 Å². The van der Waals surface area contributed by atoms with Gasteiger partial charge in [-0.15, -0.1) is 0 Å². The Morgan fingerprint density at radius 2 is 1.62 bits per heavy atom. The third-order valence-corrected chi connectivity index (χ3v) is 4.77. The molecular weight excluding hydrogens is 326 g/mol. The summed E-state index contributed by atoms with van der Waals surface area (Å²) in [6.45, 7) is 0. The number of nitrogens with two attached hydrogens (primary N) is 2. The zero-order chi connectivity index (χ0) is 17.3. The van der Waals surface area contributed by atoms with E-state index in [1.807, 2.05) is 30.3 Å². The van der Waals surface area contributed by atoms with Crippen molar-refractivity contribution in [3.05, 3.63) is 54.6 Å². The van der Waals surface area contributed by atoms with Gasteiger partial charge in [-0.25, -0.2) is 23.9 Å². The molecule has 0 radical (unpaired) electrons. The molecule has 0 fully saturated rings. The van der Waals surface area contributed by atoms with Crippen LogP contribution >= 0.6 is 0 Å². The lowest BCUT2D eigenvalue weighted by molar-refractivity contribution is 0.602. The second kappa shape index (κ2) is 5.99. The lowest BCUT2D eigenvalue weighted by atomic mass is 10.1. The number of hydrogen-bond acceptors (Lipinski definition) is 6. The van der Waals surface area contributed by atoms with E-state index in [4.69, 9.17) is 11.7 Å². The number of hydrazine groups is 1. The number of benzene rings is 2. The molecule has 0 aliphatic heterocycles. The molecule has 1 aromatic heterocycles. The molecule has 3 aromatic rings. The van der Waals surface area contributed by atoms with Gasteiger partial charge in [0.2, 0.25) is 5.95 Å². The highest BCUT2D eigenvalue weighted by molar-refractivity contribution is 7.90. The van der Waals surface area contributed by atoms with Crippen molar-refractivity contribution in [1.82, 2.24) is 9.66 Å². The second-order valence-corrected chi connectivity index (χ2v) is 7.33. The van der Waals surface area contributed by atoms with Gasteiger partial charge in [0.25, 0.3) is 0 Å². The van der Waals surface area contributed by atoms with Crippen molar-refractivity contribution in [3.63, 3.8) is 0 Å². The van der Waals surface area contributed by atoms with E-state index in [0.29, 0.717) is 17.3 Å². The molecule has 0 saturated heterocycles. The van der Waals surface area contributed by atoms with Gasteiger partial charge in [-0.3, -0.25) is 5.43 Å². The van der Waals surface area contributed by atoms with Gasteiger partial charge < -0.3 is 5.84 Å². The predicted molar refractivity (Wildman–Crippen MR) is 94.2 cm³/mol. The molecule has 7 nitrogen and oxygen atoms in total. The van der Waals surface area contributed by atoms with Gasteiger partial charge in [-0.05, 0) is 12.1 Å². The summed E-state index contributed by atoms with van der Waals surface area (Å²) in [5, 5.41) is 0. The molecule has 0 aliphatic carbocycles. The highest BCUT2D eigenvalue weighted by atomic mass is 32.2. The number of imidazole rings is 1. The monoisotopic (exact) mass is 343 g/mol. The van der Waals surface area contributed by atoms with Crippen LogP contribution in [0.2, 0.25) is 0 Å². The van der Waals surface area contributed by atoms with Crippen molar-refractivity contribution in [3.8, 4) is 22.5 Å². The summed E-state index contributed by atoms with van der Waals surface area (Å²) in [5.41, 5.74) is 5.36. The fraction of sp³-hybridized carbons (Fsp3) is 0.0625. The van der Waals surface area contributed by atoms with E-state index in [1.54, 1.807) is 24.3 Å². The Labute approximate surface area is 139 Å². The largest absolute Gasteiger partial charge is 0.336 e. The minimum Gasteiger partial charge on any atom is -0.336 e. The Kier molecular flexibility index (Phi) is 4.00. The average Bonchev–Trinajstić information content (AvgIpc) is 2.91. The zero-order valence-electron chi connectivity index (χ0n) is 13.0. The molecule has 0 bridgehead atoms. The third kappa shape index (κ3) is 2.84. The first kappa shape index (κ1) is 16.0. The fourth-order valence-electron chi connectivity index (χ4n) is 2.47. The summed E-state index contributed by atoms with van der Waals surface area (Å²) in [6.07, 6.45) is 1.17. The lowest BCUT2D eigenvalue weighted by Crippen LogP contribution is -2.18. The molecule has 5 N–H and O–H groups in total. The van der Waals surface area contributed by atoms with Crippen LogP contribution in [0.3, 0.4) is 0 Å². The molecule has 0 spiro atoms. The molecule has 0 saturated carbocycles. The van der Waals surface area contributed by atoms with Crippen molar-refractivity contribution >= 4 is 15.8 Å². The standard InChI is InChI=1S/C16H17N5O2S/c1-24(22,23)13-9-7-12(8-10-13)15-14(11-5-3-2-4-6-11)19-16(20-17)21(15)18/h2-10H,17-18H2,1H3,(H,19,20). The highest BCUT2D eigenvalue weighted by Gasteiger charge is 2.18. The predicted octanol–water partition coefficient (Wildman–Crippen LogP) is 1.62. The van der Waals surface area contributed by atoms with Gasteiger partial charge in [0.15, 0.2) is 9.84 Å². The maximum atomic E-state index is 11.6. The van der Waals surface area contributed by atoms with E-state index in [0.717, 1.165) is 11.1 Å². The van der Waals surface area contributed by atoms with Crippen molar-refractivity contribution in [2.75, 3.05) is 17.5 Å². The summed E-state index contributed by atoms with van der Waals surface area (Å²) >= 11 is 0. The van der Waals surface area contributed by atoms with Crippen LogP contribution in [0.1, 0.15) is 0 Å². The fourth-order valence-corrected chi connectivity index (χ4v) is 3.10. The van der Waals surface area contributed by atoms with Crippen LogP contribution in [-0.4, -0.2) is 24.3 Å². The van der Waals surface area contributed by atoms with Crippen LogP contribution in [0, 0.1) is 0 Å². The third-order valence-electron chi connectivity index (χ3n) is 3.64. The first-order valence-electron chi connectivity index (χ1n) is 7.12. The van der Waals surface area contributed by atoms with E-state index in [9.17, 15) is 8.42 Å². The summed E-state index contributed by atoms with van der Waals surface area (Å²) in [4.78, 5) is 4.67. The van der Waals surface area contributed by atoms with Crippen molar-refractivity contribution in [2.45, 2.75) is 4.90 Å². The summed E-state index contributed by atoms with van der Waals surface area (Å²) in [5.74, 6) is 11.9. The minimum atomic E-state index is -3.26. The van der Waals surface area contributed by atoms with Crippen LogP contribution in [-0.2, 0) is 9.84 Å². The number of sulfone groups is 1. The molecule has 2 aromatic carbocycles. The molecule has 0 aliphatic rings. The maximum absolute atomic E-state index is 11.6. The minimum absolute atomic E-state index is 0.243. The van der Waals surface area contributed by atoms with Crippen LogP contribution in [0.15, 0.2) is 59.5 Å². The number of hydrogen-bond donors (Lipinski definition) is 3. The van der Waals surface area contributed by atoms with Gasteiger partial charge in [-0.1, -0.05) is 42.5 Å². The molecule has 0 unspecified atom stereocenters. The first-order chi connectivity index (χ1) is 11.4. The Morgan fingerprint density at radius 3 is 2.17 bits per heavy atom. The van der Waals surface area contributed by atoms with Crippen LogP contribution in [0.25, 0.3) is 22.5 Å². The summed E-state index contributed by atoms with van der Waals surface area (Å²) in [6, 6.07) is 16.0. The van der Waals surface area contributed by atoms with Crippen molar-refractivity contribution < 1.29 is 8.42 Å². The molecule has 3 rings (SSSR count). The Hall–Kier alpha value is -2.84. The molecule has 0 atom stereocenters. The summed E-state index contributed by atoms with van der Waals surface area (Å²) < 4.78 is 24.6. The normalized spacial score (nSPS) is 11.4. The Balaban J connectivity index is 2.18. The number of anilines is 1. The number of nitrogen functional groups attached to an aromatic ring is 2. The average molecular weight is 343 g/mol. The second-order valence-electron chi connectivity index (χ2n) is 5.31. The van der Waals surface area contributed by atoms with Crippen LogP contribution < -0.4 is 17.1 Å². The van der Waals surface area contributed by atoms with E-state index in [2.05, 4.69) is 10.4 Å². The molecular formula is C16H17N5O2S. The quantitative estimate of drug-likeness (QED) is 0.490. The SMILES string of the molecule is CS(=O)(=O)c1ccc(-c2c(-c3ccccc3)nc(NN)n2N)cc1. The molecule has 0 amide bonds. The van der Waals surface area contributed by atoms with Gasteiger partial charge in [0, 0.05) is 17.4 Å². The number of nitrogens with zero attached hydrogens (tertiary/aromatic N) is 2. The summed E-state index contributed by atoms with van der Waals surface area (Å²) in [7, 11) is -3.26. The molecule has 1 heterocycles. The number of aromatic nitrogens is 2. The van der Waals surface area contributed by atoms with Crippen molar-refractivity contribution in [2.24, 2.45) is 5.84 Å². The van der Waals surface area contributed by atoms with Gasteiger partial charge in [0.1, 0.15) is 5.69 Å². The Bertz CT molecular complexity index is 964. The number of rotatable bonds is 4. The van der Waals surface area contributed by atoms with E-state index in [-0.39, 0.29) is 4.90 Å².